The molecule has 0 bridgehead atoms. The fraction of sp³-hybridized carbons (Fsp3) is 0.214. The van der Waals surface area contributed by atoms with E-state index in [-0.39, 0.29) is 11.4 Å². The number of rotatable bonds is 5. The van der Waals surface area contributed by atoms with Crippen molar-refractivity contribution >= 4 is 23.4 Å². The Morgan fingerprint density at radius 2 is 2.05 bits per heavy atom. The molecule has 0 aromatic heterocycles. The molecule has 20 heavy (non-hydrogen) atoms. The van der Waals surface area contributed by atoms with Crippen LogP contribution in [-0.4, -0.2) is 23.3 Å². The fourth-order valence-electron chi connectivity index (χ4n) is 1.66. The van der Waals surface area contributed by atoms with Crippen LogP contribution < -0.4 is 5.73 Å². The topological polar surface area (TPSA) is 89.5 Å². The van der Waals surface area contributed by atoms with Crippen LogP contribution in [0.3, 0.4) is 0 Å². The van der Waals surface area contributed by atoms with E-state index in [4.69, 9.17) is 5.73 Å². The fourth-order valence-corrected chi connectivity index (χ4v) is 1.66. The SMILES string of the molecule is CC(C)=C/C(=C\N(C)C=O)c1ccc([N+](=O)[O-])c(N)c1. The first kappa shape index (κ1) is 15.4. The molecule has 106 valence electrons. The zero-order chi connectivity index (χ0) is 15.3. The third-order valence-electron chi connectivity index (χ3n) is 2.51. The summed E-state index contributed by atoms with van der Waals surface area (Å²) in [6.07, 6.45) is 4.19. The molecule has 0 unspecified atom stereocenters. The molecule has 0 radical (unpaired) electrons. The average molecular weight is 275 g/mol. The second kappa shape index (κ2) is 6.51. The first-order chi connectivity index (χ1) is 9.35. The van der Waals surface area contributed by atoms with Crippen LogP contribution in [0.4, 0.5) is 11.4 Å². The van der Waals surface area contributed by atoms with Gasteiger partial charge >= 0.3 is 0 Å². The number of nitrogens with two attached hydrogens (primary N) is 1. The smallest absolute Gasteiger partial charge is 0.292 e. The zero-order valence-electron chi connectivity index (χ0n) is 11.7. The van der Waals surface area contributed by atoms with Crippen LogP contribution in [0.15, 0.2) is 36.0 Å². The van der Waals surface area contributed by atoms with Gasteiger partial charge in [-0.05, 0) is 37.1 Å². The Morgan fingerprint density at radius 1 is 1.40 bits per heavy atom. The lowest BCUT2D eigenvalue weighted by Gasteiger charge is -2.10. The monoisotopic (exact) mass is 275 g/mol. The van der Waals surface area contributed by atoms with Crippen molar-refractivity contribution in [1.29, 1.82) is 0 Å². The van der Waals surface area contributed by atoms with Gasteiger partial charge in [-0.15, -0.1) is 0 Å². The molecule has 0 aliphatic carbocycles. The van der Waals surface area contributed by atoms with Gasteiger partial charge in [0.05, 0.1) is 4.92 Å². The summed E-state index contributed by atoms with van der Waals surface area (Å²) in [7, 11) is 1.61. The van der Waals surface area contributed by atoms with Crippen LogP contribution >= 0.6 is 0 Å². The molecule has 6 nitrogen and oxygen atoms in total. The molecule has 1 amide bonds. The maximum atomic E-state index is 10.7. The molecule has 0 heterocycles. The van der Waals surface area contributed by atoms with Crippen LogP contribution in [0.25, 0.3) is 5.57 Å². The van der Waals surface area contributed by atoms with Crippen LogP contribution in [0.2, 0.25) is 0 Å². The summed E-state index contributed by atoms with van der Waals surface area (Å²) in [5.74, 6) is 0. The standard InChI is InChI=1S/C14H17N3O3/c1-10(2)6-12(8-16(3)9-18)11-4-5-14(17(19)20)13(15)7-11/h4-9H,15H2,1-3H3/b12-8+. The Hall–Kier alpha value is -2.63. The van der Waals surface area contributed by atoms with Crippen LogP contribution in [0, 0.1) is 10.1 Å². The van der Waals surface area contributed by atoms with E-state index >= 15 is 0 Å². The van der Waals surface area contributed by atoms with E-state index in [1.165, 1.54) is 17.0 Å². The summed E-state index contributed by atoms with van der Waals surface area (Å²) in [6.45, 7) is 3.84. The van der Waals surface area contributed by atoms with Crippen LogP contribution in [0.5, 0.6) is 0 Å². The van der Waals surface area contributed by atoms with Crippen molar-refractivity contribution in [2.75, 3.05) is 12.8 Å². The number of carbonyl (C=O) groups is 1. The van der Waals surface area contributed by atoms with Gasteiger partial charge in [0, 0.05) is 19.3 Å². The number of hydrogen-bond acceptors (Lipinski definition) is 4. The number of nitrogen functional groups attached to an aromatic ring is 1. The number of nitro groups is 1. The van der Waals surface area contributed by atoms with Crippen LogP contribution in [0.1, 0.15) is 19.4 Å². The summed E-state index contributed by atoms with van der Waals surface area (Å²) >= 11 is 0. The van der Waals surface area contributed by atoms with Gasteiger partial charge in [-0.25, -0.2) is 0 Å². The minimum atomic E-state index is -0.527. The van der Waals surface area contributed by atoms with Crippen LogP contribution in [-0.2, 0) is 4.79 Å². The van der Waals surface area contributed by atoms with Crippen molar-refractivity contribution in [2.24, 2.45) is 0 Å². The molecule has 0 saturated heterocycles. The lowest BCUT2D eigenvalue weighted by Crippen LogP contribution is -2.07. The van der Waals surface area contributed by atoms with Crippen molar-refractivity contribution in [1.82, 2.24) is 4.90 Å². The number of allylic oxidation sites excluding steroid dienone is 3. The third kappa shape index (κ3) is 3.94. The lowest BCUT2D eigenvalue weighted by molar-refractivity contribution is -0.383. The third-order valence-corrected chi connectivity index (χ3v) is 2.51. The first-order valence-electron chi connectivity index (χ1n) is 5.93. The summed E-state index contributed by atoms with van der Waals surface area (Å²) < 4.78 is 0. The highest BCUT2D eigenvalue weighted by Gasteiger charge is 2.12. The van der Waals surface area contributed by atoms with E-state index in [1.807, 2.05) is 19.9 Å². The Kier molecular flexibility index (Phi) is 5.02. The molecular weight excluding hydrogens is 258 g/mol. The second-order valence-electron chi connectivity index (χ2n) is 4.61. The molecular formula is C14H17N3O3. The molecule has 0 aliphatic heterocycles. The number of nitro benzene ring substituents is 1. The average Bonchev–Trinajstić information content (AvgIpc) is 2.36. The molecule has 1 aromatic carbocycles. The maximum absolute atomic E-state index is 10.7. The highest BCUT2D eigenvalue weighted by atomic mass is 16.6. The number of carbonyl (C=O) groups excluding carboxylic acids is 1. The summed E-state index contributed by atoms with van der Waals surface area (Å²) in [5, 5.41) is 10.7. The predicted octanol–water partition coefficient (Wildman–Crippen LogP) is 2.57. The second-order valence-corrected chi connectivity index (χ2v) is 4.61. The Labute approximate surface area is 117 Å². The Morgan fingerprint density at radius 3 is 2.50 bits per heavy atom. The van der Waals surface area contributed by atoms with E-state index in [0.29, 0.717) is 12.0 Å². The maximum Gasteiger partial charge on any atom is 0.292 e. The number of benzene rings is 1. The lowest BCUT2D eigenvalue weighted by atomic mass is 10.0. The summed E-state index contributed by atoms with van der Waals surface area (Å²) in [4.78, 5) is 22.3. The number of nitrogens with zero attached hydrogens (tertiary/aromatic N) is 2. The number of hydrogen-bond donors (Lipinski definition) is 1. The minimum Gasteiger partial charge on any atom is -0.393 e. The molecule has 1 aromatic rings. The minimum absolute atomic E-state index is 0.0920. The molecule has 0 saturated carbocycles. The highest BCUT2D eigenvalue weighted by molar-refractivity contribution is 5.79. The van der Waals surface area contributed by atoms with Gasteiger partial charge in [0.2, 0.25) is 6.41 Å². The van der Waals surface area contributed by atoms with Gasteiger partial charge in [-0.3, -0.25) is 14.9 Å². The normalized spacial score (nSPS) is 10.8. The molecule has 2 N–H and O–H groups in total. The van der Waals surface area contributed by atoms with E-state index in [1.54, 1.807) is 19.3 Å². The zero-order valence-corrected chi connectivity index (χ0v) is 11.7. The number of amides is 1. The molecule has 0 fully saturated rings. The van der Waals surface area contributed by atoms with Gasteiger partial charge in [0.15, 0.2) is 0 Å². The molecule has 0 atom stereocenters. The predicted molar refractivity (Wildman–Crippen MR) is 78.7 cm³/mol. The van der Waals surface area contributed by atoms with Crippen molar-refractivity contribution in [3.8, 4) is 0 Å². The summed E-state index contributed by atoms with van der Waals surface area (Å²) in [5.41, 5.74) is 8.14. The van der Waals surface area contributed by atoms with Gasteiger partial charge in [0.1, 0.15) is 5.69 Å². The van der Waals surface area contributed by atoms with E-state index in [2.05, 4.69) is 0 Å². The van der Waals surface area contributed by atoms with Gasteiger partial charge < -0.3 is 10.6 Å². The van der Waals surface area contributed by atoms with Gasteiger partial charge in [0.25, 0.3) is 5.69 Å². The number of anilines is 1. The Balaban J connectivity index is 3.32. The van der Waals surface area contributed by atoms with Crippen molar-refractivity contribution in [3.05, 3.63) is 51.7 Å². The van der Waals surface area contributed by atoms with E-state index < -0.39 is 4.92 Å². The van der Waals surface area contributed by atoms with Gasteiger partial charge in [-0.1, -0.05) is 11.6 Å². The summed E-state index contributed by atoms with van der Waals surface area (Å²) in [6, 6.07) is 4.50. The van der Waals surface area contributed by atoms with Gasteiger partial charge in [-0.2, -0.15) is 0 Å². The van der Waals surface area contributed by atoms with E-state index in [9.17, 15) is 14.9 Å². The Bertz CT molecular complexity index is 587. The molecule has 0 spiro atoms. The first-order valence-corrected chi connectivity index (χ1v) is 5.93. The highest BCUT2D eigenvalue weighted by Crippen LogP contribution is 2.27. The van der Waals surface area contributed by atoms with Crippen molar-refractivity contribution in [2.45, 2.75) is 13.8 Å². The van der Waals surface area contributed by atoms with Crippen molar-refractivity contribution < 1.29 is 9.72 Å². The van der Waals surface area contributed by atoms with E-state index in [0.717, 1.165) is 11.1 Å². The largest absolute Gasteiger partial charge is 0.393 e. The quantitative estimate of drug-likeness (QED) is 0.294. The molecule has 6 heteroatoms. The molecule has 0 aliphatic rings. The van der Waals surface area contributed by atoms with Crippen molar-refractivity contribution in [3.63, 3.8) is 0 Å². The molecule has 1 rings (SSSR count).